The lowest BCUT2D eigenvalue weighted by atomic mass is 10.2. The number of benzene rings is 2. The number of ether oxygens (including phenoxy) is 3. The highest BCUT2D eigenvalue weighted by Crippen LogP contribution is 2.31. The lowest BCUT2D eigenvalue weighted by molar-refractivity contribution is -0.139. The quantitative estimate of drug-likeness (QED) is 0.810. The number of fused-ring (bicyclic) bond motifs is 1. The molecule has 25 heavy (non-hydrogen) atoms. The van der Waals surface area contributed by atoms with Crippen LogP contribution in [0.4, 0.5) is 0 Å². The Bertz CT molecular complexity index is 704. The number of rotatable bonds is 6. The maximum absolute atomic E-state index is 12.7. The number of para-hydroxylation sites is 3. The third-order valence-corrected chi connectivity index (χ3v) is 4.09. The van der Waals surface area contributed by atoms with Gasteiger partial charge in [-0.3, -0.25) is 4.79 Å². The average Bonchev–Trinajstić information content (AvgIpc) is 2.66. The molecule has 2 aromatic rings. The molecule has 5 heteroatoms. The van der Waals surface area contributed by atoms with Crippen molar-refractivity contribution >= 4 is 5.91 Å². The molecule has 5 nitrogen and oxygen atoms in total. The summed E-state index contributed by atoms with van der Waals surface area (Å²) >= 11 is 0. The molecule has 0 spiro atoms. The van der Waals surface area contributed by atoms with E-state index in [1.807, 2.05) is 61.5 Å². The van der Waals surface area contributed by atoms with Crippen LogP contribution in [-0.4, -0.2) is 42.7 Å². The molecule has 0 bridgehead atoms. The second kappa shape index (κ2) is 7.92. The minimum absolute atomic E-state index is 0.0613. The van der Waals surface area contributed by atoms with Crippen LogP contribution in [0.25, 0.3) is 0 Å². The molecule has 0 aromatic heterocycles. The van der Waals surface area contributed by atoms with Crippen LogP contribution in [0.5, 0.6) is 17.2 Å². The maximum Gasteiger partial charge on any atom is 0.263 e. The highest BCUT2D eigenvalue weighted by Gasteiger charge is 2.27. The minimum Gasteiger partial charge on any atom is -0.486 e. The molecule has 1 heterocycles. The van der Waals surface area contributed by atoms with E-state index < -0.39 is 6.10 Å². The molecule has 2 aromatic carbocycles. The summed E-state index contributed by atoms with van der Waals surface area (Å²) in [5, 5.41) is 0. The van der Waals surface area contributed by atoms with E-state index in [9.17, 15) is 4.79 Å². The summed E-state index contributed by atoms with van der Waals surface area (Å²) in [7, 11) is 0. The molecule has 0 radical (unpaired) electrons. The molecule has 2 unspecified atom stereocenters. The molecule has 0 N–H and O–H groups in total. The molecule has 0 aliphatic carbocycles. The van der Waals surface area contributed by atoms with Crippen molar-refractivity contribution in [2.75, 3.05) is 19.7 Å². The van der Waals surface area contributed by atoms with Gasteiger partial charge < -0.3 is 19.1 Å². The minimum atomic E-state index is -0.556. The smallest absolute Gasteiger partial charge is 0.263 e. The Morgan fingerprint density at radius 1 is 1.16 bits per heavy atom. The first-order valence-electron chi connectivity index (χ1n) is 8.56. The molecule has 1 aliphatic heterocycles. The van der Waals surface area contributed by atoms with E-state index in [0.717, 1.165) is 11.5 Å². The second-order valence-corrected chi connectivity index (χ2v) is 5.95. The van der Waals surface area contributed by atoms with E-state index in [4.69, 9.17) is 14.2 Å². The lowest BCUT2D eigenvalue weighted by Gasteiger charge is -2.32. The van der Waals surface area contributed by atoms with Crippen molar-refractivity contribution in [3.8, 4) is 17.2 Å². The standard InChI is InChI=1S/C20H23NO4/c1-3-21(20(22)15(2)24-16-9-5-4-6-10-16)13-17-14-23-18-11-7-8-12-19(18)25-17/h4-12,15,17H,3,13-14H2,1-2H3. The SMILES string of the molecule is CCN(CC1COc2ccccc2O1)C(=O)C(C)Oc1ccccc1. The third kappa shape index (κ3) is 4.24. The zero-order chi connectivity index (χ0) is 17.6. The Morgan fingerprint density at radius 3 is 2.56 bits per heavy atom. The largest absolute Gasteiger partial charge is 0.486 e. The summed E-state index contributed by atoms with van der Waals surface area (Å²) in [4.78, 5) is 14.4. The van der Waals surface area contributed by atoms with E-state index in [1.165, 1.54) is 0 Å². The molecule has 1 aliphatic rings. The topological polar surface area (TPSA) is 48.0 Å². The van der Waals surface area contributed by atoms with E-state index >= 15 is 0 Å². The fourth-order valence-corrected chi connectivity index (χ4v) is 2.78. The zero-order valence-electron chi connectivity index (χ0n) is 14.6. The number of nitrogens with zero attached hydrogens (tertiary/aromatic N) is 1. The van der Waals surface area contributed by atoms with Gasteiger partial charge in [0.2, 0.25) is 0 Å². The van der Waals surface area contributed by atoms with Crippen molar-refractivity contribution in [2.45, 2.75) is 26.1 Å². The van der Waals surface area contributed by atoms with Gasteiger partial charge >= 0.3 is 0 Å². The molecule has 132 valence electrons. The Balaban J connectivity index is 1.59. The first kappa shape index (κ1) is 17.1. The number of hydrogen-bond acceptors (Lipinski definition) is 4. The first-order chi connectivity index (χ1) is 12.2. The lowest BCUT2D eigenvalue weighted by Crippen LogP contribution is -2.47. The number of amides is 1. The summed E-state index contributed by atoms with van der Waals surface area (Å²) in [6.07, 6.45) is -0.748. The van der Waals surface area contributed by atoms with Gasteiger partial charge in [0.1, 0.15) is 12.4 Å². The Labute approximate surface area is 148 Å². The molecule has 0 saturated heterocycles. The van der Waals surface area contributed by atoms with Crippen LogP contribution in [0.1, 0.15) is 13.8 Å². The van der Waals surface area contributed by atoms with Crippen molar-refractivity contribution in [1.82, 2.24) is 4.90 Å². The van der Waals surface area contributed by atoms with Crippen molar-refractivity contribution in [2.24, 2.45) is 0 Å². The van der Waals surface area contributed by atoms with Crippen LogP contribution in [0.15, 0.2) is 54.6 Å². The van der Waals surface area contributed by atoms with Gasteiger partial charge in [0, 0.05) is 6.54 Å². The first-order valence-corrected chi connectivity index (χ1v) is 8.56. The molecule has 0 fully saturated rings. The number of hydrogen-bond donors (Lipinski definition) is 0. The summed E-state index contributed by atoms with van der Waals surface area (Å²) in [6, 6.07) is 16.9. The second-order valence-electron chi connectivity index (χ2n) is 5.95. The van der Waals surface area contributed by atoms with Crippen LogP contribution < -0.4 is 14.2 Å². The molecule has 2 atom stereocenters. The fourth-order valence-electron chi connectivity index (χ4n) is 2.78. The Hall–Kier alpha value is -2.69. The van der Waals surface area contributed by atoms with Gasteiger partial charge in [0.25, 0.3) is 5.91 Å². The Kier molecular flexibility index (Phi) is 5.43. The van der Waals surface area contributed by atoms with Gasteiger partial charge in [-0.2, -0.15) is 0 Å². The van der Waals surface area contributed by atoms with Crippen molar-refractivity contribution < 1.29 is 19.0 Å². The Morgan fingerprint density at radius 2 is 1.84 bits per heavy atom. The predicted molar refractivity (Wildman–Crippen MR) is 95.1 cm³/mol. The summed E-state index contributed by atoms with van der Waals surface area (Å²) in [6.45, 7) is 5.19. The predicted octanol–water partition coefficient (Wildman–Crippen LogP) is 3.14. The summed E-state index contributed by atoms with van der Waals surface area (Å²) < 4.78 is 17.4. The van der Waals surface area contributed by atoms with E-state index in [-0.39, 0.29) is 12.0 Å². The van der Waals surface area contributed by atoms with Crippen LogP contribution in [0, 0.1) is 0 Å². The normalized spacial score (nSPS) is 16.8. The van der Waals surface area contributed by atoms with Crippen LogP contribution in [-0.2, 0) is 4.79 Å². The van der Waals surface area contributed by atoms with E-state index in [1.54, 1.807) is 11.8 Å². The van der Waals surface area contributed by atoms with Crippen molar-refractivity contribution in [3.63, 3.8) is 0 Å². The van der Waals surface area contributed by atoms with Crippen LogP contribution >= 0.6 is 0 Å². The molecule has 3 rings (SSSR count). The molecular weight excluding hydrogens is 318 g/mol. The third-order valence-electron chi connectivity index (χ3n) is 4.09. The molecule has 0 saturated carbocycles. The van der Waals surface area contributed by atoms with Crippen molar-refractivity contribution in [1.29, 1.82) is 0 Å². The monoisotopic (exact) mass is 341 g/mol. The van der Waals surface area contributed by atoms with Gasteiger partial charge in [-0.05, 0) is 38.1 Å². The van der Waals surface area contributed by atoms with Gasteiger partial charge in [-0.15, -0.1) is 0 Å². The fraction of sp³-hybridized carbons (Fsp3) is 0.350. The molecular formula is C20H23NO4. The van der Waals surface area contributed by atoms with E-state index in [0.29, 0.717) is 25.4 Å². The summed E-state index contributed by atoms with van der Waals surface area (Å²) in [5.74, 6) is 2.09. The number of carbonyl (C=O) groups excluding carboxylic acids is 1. The maximum atomic E-state index is 12.7. The summed E-state index contributed by atoms with van der Waals surface area (Å²) in [5.41, 5.74) is 0. The molecule has 1 amide bonds. The number of carbonyl (C=O) groups is 1. The average molecular weight is 341 g/mol. The van der Waals surface area contributed by atoms with Crippen LogP contribution in [0.3, 0.4) is 0 Å². The highest BCUT2D eigenvalue weighted by molar-refractivity contribution is 5.81. The highest BCUT2D eigenvalue weighted by atomic mass is 16.6. The van der Waals surface area contributed by atoms with Crippen molar-refractivity contribution in [3.05, 3.63) is 54.6 Å². The van der Waals surface area contributed by atoms with Gasteiger partial charge in [-0.25, -0.2) is 0 Å². The van der Waals surface area contributed by atoms with Gasteiger partial charge in [0.05, 0.1) is 6.54 Å². The van der Waals surface area contributed by atoms with Gasteiger partial charge in [0.15, 0.2) is 23.7 Å². The zero-order valence-corrected chi connectivity index (χ0v) is 14.6. The van der Waals surface area contributed by atoms with Crippen LogP contribution in [0.2, 0.25) is 0 Å². The van der Waals surface area contributed by atoms with E-state index in [2.05, 4.69) is 0 Å². The number of likely N-dealkylation sites (N-methyl/N-ethyl adjacent to an activating group) is 1. The van der Waals surface area contributed by atoms with Gasteiger partial charge in [-0.1, -0.05) is 30.3 Å².